The topological polar surface area (TPSA) is 0 Å². The maximum absolute atomic E-state index is 4.24. The number of hydrogen-bond donors (Lipinski definition) is 0. The second-order valence-corrected chi connectivity index (χ2v) is 4.43. The Kier molecular flexibility index (Phi) is 3.20. The van der Waals surface area contributed by atoms with Gasteiger partial charge in [-0.2, -0.15) is 0 Å². The number of rotatable bonds is 3. The van der Waals surface area contributed by atoms with Crippen LogP contribution in [-0.2, 0) is 0 Å². The fourth-order valence-corrected chi connectivity index (χ4v) is 2.56. The molecular formula is C18H18. The average Bonchev–Trinajstić information content (AvgIpc) is 2.63. The molecule has 0 atom stereocenters. The molecule has 0 saturated carbocycles. The van der Waals surface area contributed by atoms with Gasteiger partial charge in [0.1, 0.15) is 0 Å². The standard InChI is InChI=1S/C18H18/c1-6-9-16-13(5)18-14(7-2)12(4)10-11-17(18)15(16)8-3/h6-11H,2-3,5H2,1,4H3/b9-6-. The van der Waals surface area contributed by atoms with E-state index in [-0.39, 0.29) is 0 Å². The summed E-state index contributed by atoms with van der Waals surface area (Å²) in [4.78, 5) is 0. The van der Waals surface area contributed by atoms with Gasteiger partial charge in [-0.1, -0.05) is 56.2 Å². The number of hydrogen-bond acceptors (Lipinski definition) is 0. The van der Waals surface area contributed by atoms with E-state index in [1.165, 1.54) is 22.3 Å². The molecule has 0 fully saturated rings. The van der Waals surface area contributed by atoms with Crippen LogP contribution in [0.2, 0.25) is 0 Å². The highest BCUT2D eigenvalue weighted by molar-refractivity contribution is 6.06. The maximum Gasteiger partial charge on any atom is -0.00299 e. The van der Waals surface area contributed by atoms with Gasteiger partial charge < -0.3 is 0 Å². The molecule has 0 N–H and O–H groups in total. The van der Waals surface area contributed by atoms with Crippen molar-refractivity contribution >= 4 is 17.2 Å². The molecule has 0 heterocycles. The third kappa shape index (κ3) is 1.62. The lowest BCUT2D eigenvalue weighted by Crippen LogP contribution is -1.91. The molecule has 1 aliphatic carbocycles. The molecule has 0 aliphatic heterocycles. The Labute approximate surface area is 109 Å². The van der Waals surface area contributed by atoms with E-state index in [1.807, 2.05) is 25.2 Å². The van der Waals surface area contributed by atoms with Gasteiger partial charge in [0.05, 0.1) is 0 Å². The Morgan fingerprint density at radius 3 is 2.33 bits per heavy atom. The third-order valence-corrected chi connectivity index (χ3v) is 3.41. The van der Waals surface area contributed by atoms with E-state index in [0.29, 0.717) is 0 Å². The Bertz CT molecular complexity index is 607. The minimum Gasteiger partial charge on any atom is -0.0984 e. The highest BCUT2D eigenvalue weighted by atomic mass is 14.3. The van der Waals surface area contributed by atoms with E-state index >= 15 is 0 Å². The molecule has 0 unspecified atom stereocenters. The maximum atomic E-state index is 4.24. The lowest BCUT2D eigenvalue weighted by molar-refractivity contribution is 1.41. The van der Waals surface area contributed by atoms with E-state index < -0.39 is 0 Å². The van der Waals surface area contributed by atoms with Crippen LogP contribution in [0.4, 0.5) is 0 Å². The number of benzene rings is 1. The van der Waals surface area contributed by atoms with Crippen molar-refractivity contribution in [2.45, 2.75) is 13.8 Å². The fraction of sp³-hybridized carbons (Fsp3) is 0.111. The number of allylic oxidation sites excluding steroid dienone is 6. The third-order valence-electron chi connectivity index (χ3n) is 3.41. The van der Waals surface area contributed by atoms with Crippen LogP contribution >= 0.6 is 0 Å². The van der Waals surface area contributed by atoms with E-state index in [9.17, 15) is 0 Å². The van der Waals surface area contributed by atoms with E-state index in [2.05, 4.69) is 44.9 Å². The molecule has 1 aromatic carbocycles. The molecule has 0 amide bonds. The zero-order valence-corrected chi connectivity index (χ0v) is 11.1. The molecule has 0 bridgehead atoms. The van der Waals surface area contributed by atoms with Crippen LogP contribution in [0, 0.1) is 6.92 Å². The summed E-state index contributed by atoms with van der Waals surface area (Å²) in [5.41, 5.74) is 8.21. The molecule has 0 aromatic heterocycles. The summed E-state index contributed by atoms with van der Waals surface area (Å²) in [5.74, 6) is 0. The Hall–Kier alpha value is -2.08. The first kappa shape index (κ1) is 12.4. The van der Waals surface area contributed by atoms with Gasteiger partial charge >= 0.3 is 0 Å². The zero-order chi connectivity index (χ0) is 13.3. The molecule has 1 aliphatic rings. The SMILES string of the molecule is C=CC1=C(/C=C\C)C(=C)c2c1ccc(C)c2C=C. The van der Waals surface area contributed by atoms with Crippen molar-refractivity contribution in [2.24, 2.45) is 0 Å². The van der Waals surface area contributed by atoms with Crippen molar-refractivity contribution in [3.63, 3.8) is 0 Å². The summed E-state index contributed by atoms with van der Waals surface area (Å²) >= 11 is 0. The highest BCUT2D eigenvalue weighted by Gasteiger charge is 2.24. The van der Waals surface area contributed by atoms with Crippen LogP contribution in [0.5, 0.6) is 0 Å². The van der Waals surface area contributed by atoms with Gasteiger partial charge in [0.15, 0.2) is 0 Å². The number of aryl methyl sites for hydroxylation is 1. The summed E-state index contributed by atoms with van der Waals surface area (Å²) in [5, 5.41) is 0. The smallest absolute Gasteiger partial charge is 0.00299 e. The molecule has 2 rings (SSSR count). The molecule has 0 saturated heterocycles. The average molecular weight is 234 g/mol. The highest BCUT2D eigenvalue weighted by Crippen LogP contribution is 2.44. The summed E-state index contributed by atoms with van der Waals surface area (Å²) in [7, 11) is 0. The summed E-state index contributed by atoms with van der Waals surface area (Å²) in [6.45, 7) is 16.2. The van der Waals surface area contributed by atoms with Crippen LogP contribution in [0.15, 0.2) is 55.7 Å². The summed E-state index contributed by atoms with van der Waals surface area (Å²) < 4.78 is 0. The first-order chi connectivity index (χ1) is 8.65. The first-order valence-corrected chi connectivity index (χ1v) is 6.11. The second kappa shape index (κ2) is 4.66. The lowest BCUT2D eigenvalue weighted by Gasteiger charge is -2.10. The Morgan fingerprint density at radius 1 is 1.06 bits per heavy atom. The van der Waals surface area contributed by atoms with Crippen LogP contribution in [0.3, 0.4) is 0 Å². The van der Waals surface area contributed by atoms with Gasteiger partial charge in [-0.05, 0) is 52.8 Å². The van der Waals surface area contributed by atoms with Crippen molar-refractivity contribution in [3.8, 4) is 0 Å². The molecule has 1 aromatic rings. The normalized spacial score (nSPS) is 14.2. The van der Waals surface area contributed by atoms with Gasteiger partial charge in [0.2, 0.25) is 0 Å². The Balaban J connectivity index is 2.80. The summed E-state index contributed by atoms with van der Waals surface area (Å²) in [6, 6.07) is 4.28. The van der Waals surface area contributed by atoms with Gasteiger partial charge in [-0.25, -0.2) is 0 Å². The quantitative estimate of drug-likeness (QED) is 0.676. The van der Waals surface area contributed by atoms with Crippen molar-refractivity contribution in [2.75, 3.05) is 0 Å². The number of fused-ring (bicyclic) bond motifs is 1. The van der Waals surface area contributed by atoms with Crippen molar-refractivity contribution < 1.29 is 0 Å². The molecule has 0 heteroatoms. The largest absolute Gasteiger partial charge is 0.0984 e. The van der Waals surface area contributed by atoms with Crippen molar-refractivity contribution in [1.82, 2.24) is 0 Å². The predicted molar refractivity (Wildman–Crippen MR) is 82.2 cm³/mol. The van der Waals surface area contributed by atoms with Gasteiger partial charge in [0.25, 0.3) is 0 Å². The molecule has 18 heavy (non-hydrogen) atoms. The first-order valence-electron chi connectivity index (χ1n) is 6.11. The van der Waals surface area contributed by atoms with Crippen LogP contribution in [0.25, 0.3) is 17.2 Å². The van der Waals surface area contributed by atoms with Crippen LogP contribution in [0.1, 0.15) is 29.2 Å². The zero-order valence-electron chi connectivity index (χ0n) is 11.1. The minimum atomic E-state index is 1.07. The van der Waals surface area contributed by atoms with Crippen LogP contribution < -0.4 is 0 Å². The lowest BCUT2D eigenvalue weighted by atomic mass is 9.94. The fourth-order valence-electron chi connectivity index (χ4n) is 2.56. The van der Waals surface area contributed by atoms with Crippen LogP contribution in [-0.4, -0.2) is 0 Å². The van der Waals surface area contributed by atoms with E-state index in [0.717, 1.165) is 16.7 Å². The van der Waals surface area contributed by atoms with Gasteiger partial charge in [-0.3, -0.25) is 0 Å². The molecule has 0 radical (unpaired) electrons. The van der Waals surface area contributed by atoms with Gasteiger partial charge in [-0.15, -0.1) is 0 Å². The van der Waals surface area contributed by atoms with E-state index in [1.54, 1.807) is 0 Å². The molecule has 0 nitrogen and oxygen atoms in total. The second-order valence-electron chi connectivity index (χ2n) is 4.43. The molecule has 90 valence electrons. The van der Waals surface area contributed by atoms with E-state index in [4.69, 9.17) is 0 Å². The minimum absolute atomic E-state index is 1.07. The predicted octanol–water partition coefficient (Wildman–Crippen LogP) is 5.18. The van der Waals surface area contributed by atoms with Crippen molar-refractivity contribution in [3.05, 3.63) is 77.9 Å². The Morgan fingerprint density at radius 2 is 1.78 bits per heavy atom. The monoisotopic (exact) mass is 234 g/mol. The van der Waals surface area contributed by atoms with Gasteiger partial charge in [0, 0.05) is 0 Å². The van der Waals surface area contributed by atoms with Crippen molar-refractivity contribution in [1.29, 1.82) is 0 Å². The molecular weight excluding hydrogens is 216 g/mol. The summed E-state index contributed by atoms with van der Waals surface area (Å²) in [6.07, 6.45) is 7.96. The molecule has 0 spiro atoms.